The van der Waals surface area contributed by atoms with Crippen molar-refractivity contribution in [2.45, 2.75) is 31.5 Å². The van der Waals surface area contributed by atoms with Gasteiger partial charge in [0, 0.05) is 17.6 Å². The van der Waals surface area contributed by atoms with Gasteiger partial charge in [0.05, 0.1) is 0 Å². The van der Waals surface area contributed by atoms with E-state index in [0.717, 1.165) is 24.0 Å². The maximum atomic E-state index is 13.1. The predicted molar refractivity (Wildman–Crippen MR) is 88.6 cm³/mol. The van der Waals surface area contributed by atoms with Gasteiger partial charge in [-0.1, -0.05) is 41.9 Å². The highest BCUT2D eigenvalue weighted by Gasteiger charge is 2.28. The second-order valence-electron chi connectivity index (χ2n) is 5.74. The Hall–Kier alpha value is -1.91. The number of hydrogen-bond acceptors (Lipinski definition) is 2. The minimum Gasteiger partial charge on any atom is -0.352 e. The molecule has 2 N–H and O–H groups in total. The SMILES string of the molecule is O=C(NC1CC1)[C@H](NCc1ccccc1Cl)c1ccc(F)cc1. The molecular weight excluding hydrogens is 315 g/mol. The van der Waals surface area contributed by atoms with Gasteiger partial charge in [0.25, 0.3) is 0 Å². The maximum absolute atomic E-state index is 13.1. The van der Waals surface area contributed by atoms with Crippen molar-refractivity contribution in [1.29, 1.82) is 0 Å². The van der Waals surface area contributed by atoms with Crippen molar-refractivity contribution in [2.75, 3.05) is 0 Å². The van der Waals surface area contributed by atoms with Crippen LogP contribution < -0.4 is 10.6 Å². The molecule has 1 aliphatic carbocycles. The van der Waals surface area contributed by atoms with Gasteiger partial charge in [0.15, 0.2) is 0 Å². The summed E-state index contributed by atoms with van der Waals surface area (Å²) >= 11 is 6.16. The zero-order chi connectivity index (χ0) is 16.2. The van der Waals surface area contributed by atoms with Crippen LogP contribution in [-0.2, 0) is 11.3 Å². The topological polar surface area (TPSA) is 41.1 Å². The van der Waals surface area contributed by atoms with E-state index in [4.69, 9.17) is 11.6 Å². The van der Waals surface area contributed by atoms with Crippen LogP contribution in [0.4, 0.5) is 4.39 Å². The fourth-order valence-electron chi connectivity index (χ4n) is 2.38. The first kappa shape index (κ1) is 16.0. The minimum atomic E-state index is -0.535. The lowest BCUT2D eigenvalue weighted by Crippen LogP contribution is -2.38. The molecule has 2 aromatic carbocycles. The van der Waals surface area contributed by atoms with Crippen LogP contribution in [0.2, 0.25) is 5.02 Å². The number of hydrogen-bond donors (Lipinski definition) is 2. The van der Waals surface area contributed by atoms with Crippen molar-refractivity contribution in [2.24, 2.45) is 0 Å². The van der Waals surface area contributed by atoms with Crippen molar-refractivity contribution >= 4 is 17.5 Å². The van der Waals surface area contributed by atoms with Gasteiger partial charge in [-0.2, -0.15) is 0 Å². The lowest BCUT2D eigenvalue weighted by molar-refractivity contribution is -0.123. The summed E-state index contributed by atoms with van der Waals surface area (Å²) in [5.41, 5.74) is 1.65. The first-order valence-corrected chi connectivity index (χ1v) is 8.04. The number of benzene rings is 2. The summed E-state index contributed by atoms with van der Waals surface area (Å²) in [5, 5.41) is 6.87. The predicted octanol–water partition coefficient (Wildman–Crippen LogP) is 3.59. The quantitative estimate of drug-likeness (QED) is 0.848. The Kier molecular flexibility index (Phi) is 4.94. The van der Waals surface area contributed by atoms with E-state index in [1.807, 2.05) is 24.3 Å². The third-order valence-electron chi connectivity index (χ3n) is 3.84. The molecule has 3 rings (SSSR count). The summed E-state index contributed by atoms with van der Waals surface area (Å²) in [6, 6.07) is 13.2. The number of halogens is 2. The number of carbonyl (C=O) groups is 1. The summed E-state index contributed by atoms with van der Waals surface area (Å²) in [6.45, 7) is 0.458. The summed E-state index contributed by atoms with van der Waals surface area (Å²) in [5.74, 6) is -0.410. The molecule has 0 radical (unpaired) electrons. The van der Waals surface area contributed by atoms with Gasteiger partial charge in [-0.15, -0.1) is 0 Å². The fourth-order valence-corrected chi connectivity index (χ4v) is 2.59. The standard InChI is InChI=1S/C18H18ClFN2O/c19-16-4-2-1-3-13(16)11-21-17(18(23)22-15-9-10-15)12-5-7-14(20)8-6-12/h1-8,15,17,21H,9-11H2,(H,22,23)/t17-/m1/s1. The van der Waals surface area contributed by atoms with E-state index in [0.29, 0.717) is 11.6 Å². The molecule has 1 saturated carbocycles. The molecule has 0 aromatic heterocycles. The van der Waals surface area contributed by atoms with Crippen molar-refractivity contribution < 1.29 is 9.18 Å². The Bertz CT molecular complexity index is 686. The molecule has 1 fully saturated rings. The van der Waals surface area contributed by atoms with Crippen LogP contribution in [0.5, 0.6) is 0 Å². The van der Waals surface area contributed by atoms with E-state index in [-0.39, 0.29) is 17.8 Å². The van der Waals surface area contributed by atoms with Crippen LogP contribution in [0.25, 0.3) is 0 Å². The Balaban J connectivity index is 1.75. The molecule has 1 amide bonds. The Labute approximate surface area is 139 Å². The Morgan fingerprint density at radius 1 is 1.17 bits per heavy atom. The molecule has 0 aliphatic heterocycles. The van der Waals surface area contributed by atoms with Crippen LogP contribution in [0.1, 0.15) is 30.0 Å². The zero-order valence-electron chi connectivity index (χ0n) is 12.6. The van der Waals surface area contributed by atoms with Gasteiger partial charge < -0.3 is 5.32 Å². The molecule has 0 saturated heterocycles. The first-order chi connectivity index (χ1) is 11.1. The molecule has 1 atom stereocenters. The van der Waals surface area contributed by atoms with Crippen LogP contribution in [0.3, 0.4) is 0 Å². The summed E-state index contributed by atoms with van der Waals surface area (Å²) < 4.78 is 13.1. The van der Waals surface area contributed by atoms with Gasteiger partial charge in [0.1, 0.15) is 11.9 Å². The van der Waals surface area contributed by atoms with E-state index in [9.17, 15) is 9.18 Å². The molecule has 1 aliphatic rings. The van der Waals surface area contributed by atoms with E-state index in [1.165, 1.54) is 12.1 Å². The smallest absolute Gasteiger partial charge is 0.241 e. The normalized spacial score (nSPS) is 15.2. The van der Waals surface area contributed by atoms with Crippen LogP contribution >= 0.6 is 11.6 Å². The van der Waals surface area contributed by atoms with Crippen LogP contribution in [0, 0.1) is 5.82 Å². The molecule has 23 heavy (non-hydrogen) atoms. The average molecular weight is 333 g/mol. The Morgan fingerprint density at radius 2 is 1.87 bits per heavy atom. The van der Waals surface area contributed by atoms with E-state index >= 15 is 0 Å². The largest absolute Gasteiger partial charge is 0.352 e. The lowest BCUT2D eigenvalue weighted by Gasteiger charge is -2.19. The summed E-state index contributed by atoms with van der Waals surface area (Å²) in [7, 11) is 0. The highest BCUT2D eigenvalue weighted by molar-refractivity contribution is 6.31. The molecule has 0 spiro atoms. The molecule has 0 unspecified atom stereocenters. The number of carbonyl (C=O) groups excluding carboxylic acids is 1. The highest BCUT2D eigenvalue weighted by atomic mass is 35.5. The second-order valence-corrected chi connectivity index (χ2v) is 6.15. The number of nitrogens with one attached hydrogen (secondary N) is 2. The van der Waals surface area contributed by atoms with Gasteiger partial charge in [0.2, 0.25) is 5.91 Å². The van der Waals surface area contributed by atoms with E-state index in [1.54, 1.807) is 12.1 Å². The first-order valence-electron chi connectivity index (χ1n) is 7.66. The number of rotatable bonds is 6. The minimum absolute atomic E-state index is 0.0915. The van der Waals surface area contributed by atoms with Crippen molar-refractivity contribution in [3.63, 3.8) is 0 Å². The van der Waals surface area contributed by atoms with Crippen LogP contribution in [0.15, 0.2) is 48.5 Å². The Morgan fingerprint density at radius 3 is 2.52 bits per heavy atom. The lowest BCUT2D eigenvalue weighted by atomic mass is 10.1. The maximum Gasteiger partial charge on any atom is 0.241 e. The van der Waals surface area contributed by atoms with Gasteiger partial charge >= 0.3 is 0 Å². The number of amides is 1. The van der Waals surface area contributed by atoms with E-state index in [2.05, 4.69) is 10.6 Å². The van der Waals surface area contributed by atoms with Crippen molar-refractivity contribution in [3.05, 3.63) is 70.5 Å². The van der Waals surface area contributed by atoms with Gasteiger partial charge in [-0.25, -0.2) is 4.39 Å². The average Bonchev–Trinajstić information content (AvgIpc) is 3.35. The van der Waals surface area contributed by atoms with Crippen LogP contribution in [-0.4, -0.2) is 11.9 Å². The molecule has 3 nitrogen and oxygen atoms in total. The third kappa shape index (κ3) is 4.30. The molecule has 2 aromatic rings. The molecule has 0 heterocycles. The summed E-state index contributed by atoms with van der Waals surface area (Å²) in [4.78, 5) is 12.5. The van der Waals surface area contributed by atoms with Gasteiger partial charge in [-0.05, 0) is 42.2 Å². The highest BCUT2D eigenvalue weighted by Crippen LogP contribution is 2.22. The zero-order valence-corrected chi connectivity index (χ0v) is 13.3. The molecule has 120 valence electrons. The molecule has 0 bridgehead atoms. The fraction of sp³-hybridized carbons (Fsp3) is 0.278. The van der Waals surface area contributed by atoms with Gasteiger partial charge in [-0.3, -0.25) is 10.1 Å². The third-order valence-corrected chi connectivity index (χ3v) is 4.21. The molecule has 5 heteroatoms. The van der Waals surface area contributed by atoms with Crippen molar-refractivity contribution in [3.8, 4) is 0 Å². The molecular formula is C18H18ClFN2O. The van der Waals surface area contributed by atoms with Crippen molar-refractivity contribution in [1.82, 2.24) is 10.6 Å². The summed E-state index contributed by atoms with van der Waals surface area (Å²) in [6.07, 6.45) is 2.04. The van der Waals surface area contributed by atoms with E-state index < -0.39 is 6.04 Å². The monoisotopic (exact) mass is 332 g/mol. The second kappa shape index (κ2) is 7.11.